The zero-order chi connectivity index (χ0) is 23.9. The van der Waals surface area contributed by atoms with E-state index in [2.05, 4.69) is 5.32 Å². The van der Waals surface area contributed by atoms with Gasteiger partial charge in [0.15, 0.2) is 11.5 Å². The second kappa shape index (κ2) is 12.6. The van der Waals surface area contributed by atoms with Crippen molar-refractivity contribution in [3.8, 4) is 23.0 Å². The molecule has 2 heterocycles. The number of alkyl halides is 1. The Morgan fingerprint density at radius 3 is 2.60 bits per heavy atom. The number of hydrogen-bond acceptors (Lipinski definition) is 7. The van der Waals surface area contributed by atoms with Crippen LogP contribution in [0.3, 0.4) is 0 Å². The van der Waals surface area contributed by atoms with Crippen LogP contribution in [0.1, 0.15) is 33.4 Å². The molecule has 1 amide bonds. The first kappa shape index (κ1) is 26.6. The molecule has 194 valence electrons. The molecule has 0 unspecified atom stereocenters. The summed E-state index contributed by atoms with van der Waals surface area (Å²) in [7, 11) is 1.59. The van der Waals surface area contributed by atoms with Gasteiger partial charge in [-0.2, -0.15) is 0 Å². The number of aliphatic hydroxyl groups excluding tert-OH is 1. The minimum absolute atomic E-state index is 0. The summed E-state index contributed by atoms with van der Waals surface area (Å²) in [6, 6.07) is 11.7. The van der Waals surface area contributed by atoms with E-state index in [0.29, 0.717) is 62.1 Å². The summed E-state index contributed by atoms with van der Waals surface area (Å²) in [5.74, 6) is 2.28. The molecule has 1 fully saturated rings. The van der Waals surface area contributed by atoms with Gasteiger partial charge in [0.1, 0.15) is 37.0 Å². The second-order valence-electron chi connectivity index (χ2n) is 8.44. The third-order valence-electron chi connectivity index (χ3n) is 5.96. The third-order valence-corrected chi connectivity index (χ3v) is 5.96. The predicted octanol–water partition coefficient (Wildman–Crippen LogP) is 3.38. The maximum absolute atomic E-state index is 13.7. The Kier molecular flexibility index (Phi) is 9.56. The molecule has 0 aromatic heterocycles. The van der Waals surface area contributed by atoms with Crippen LogP contribution in [-0.2, 0) is 4.79 Å². The lowest BCUT2D eigenvalue weighted by molar-refractivity contribution is -0.123. The van der Waals surface area contributed by atoms with E-state index < -0.39 is 18.3 Å². The number of methoxy groups -OCH3 is 1. The average molecular weight is 493 g/mol. The number of ether oxygens (including phenoxy) is 4. The fourth-order valence-electron chi connectivity index (χ4n) is 4.14. The number of carbonyl (C=O) groups is 1. The van der Waals surface area contributed by atoms with E-state index in [9.17, 15) is 14.3 Å². The van der Waals surface area contributed by atoms with Gasteiger partial charge in [0.2, 0.25) is 5.91 Å². The summed E-state index contributed by atoms with van der Waals surface area (Å²) in [4.78, 5) is 14.6. The topological polar surface area (TPSA) is 89.5 Å². The van der Waals surface area contributed by atoms with Crippen LogP contribution in [0.25, 0.3) is 0 Å². The SMILES string of the molecule is C.COc1ccc(OCCC(=O)N[C@H](CN2CC[C@H](F)C2)[C@H](O)c2ccc3c(c2)OCCO3)cc1.[HH]. The Balaban J connectivity index is 0.00000228. The molecular formula is C26H37FN2O6. The van der Waals surface area contributed by atoms with Gasteiger partial charge in [-0.3, -0.25) is 9.69 Å². The number of halogens is 1. The Bertz CT molecular complexity index is 964. The predicted molar refractivity (Wildman–Crippen MR) is 132 cm³/mol. The molecule has 35 heavy (non-hydrogen) atoms. The van der Waals surface area contributed by atoms with Crippen molar-refractivity contribution in [1.29, 1.82) is 0 Å². The molecule has 2 aliphatic rings. The quantitative estimate of drug-likeness (QED) is 0.526. The molecule has 4 rings (SSSR count). The molecule has 8 nitrogen and oxygen atoms in total. The Labute approximate surface area is 207 Å². The summed E-state index contributed by atoms with van der Waals surface area (Å²) >= 11 is 0. The van der Waals surface area contributed by atoms with Gasteiger partial charge < -0.3 is 29.4 Å². The number of fused-ring (bicyclic) bond motifs is 1. The highest BCUT2D eigenvalue weighted by Crippen LogP contribution is 2.33. The van der Waals surface area contributed by atoms with E-state index in [1.807, 2.05) is 4.90 Å². The summed E-state index contributed by atoms with van der Waals surface area (Å²) in [5, 5.41) is 14.1. The van der Waals surface area contributed by atoms with Crippen molar-refractivity contribution in [2.45, 2.75) is 38.6 Å². The van der Waals surface area contributed by atoms with Crippen LogP contribution in [0.4, 0.5) is 4.39 Å². The van der Waals surface area contributed by atoms with E-state index in [1.165, 1.54) is 0 Å². The van der Waals surface area contributed by atoms with Crippen LogP contribution in [-0.4, -0.2) is 74.7 Å². The molecule has 2 aliphatic heterocycles. The zero-order valence-electron chi connectivity index (χ0n) is 19.2. The van der Waals surface area contributed by atoms with Crippen molar-refractivity contribution in [3.05, 3.63) is 48.0 Å². The highest BCUT2D eigenvalue weighted by Gasteiger charge is 2.30. The van der Waals surface area contributed by atoms with E-state index in [4.69, 9.17) is 18.9 Å². The molecular weight excluding hydrogens is 455 g/mol. The molecule has 0 aliphatic carbocycles. The molecule has 0 radical (unpaired) electrons. The molecule has 3 atom stereocenters. The molecule has 1 saturated heterocycles. The second-order valence-corrected chi connectivity index (χ2v) is 8.44. The third kappa shape index (κ3) is 7.22. The van der Waals surface area contributed by atoms with E-state index in [0.717, 1.165) is 5.75 Å². The minimum atomic E-state index is -0.999. The Morgan fingerprint density at radius 1 is 1.20 bits per heavy atom. The first-order chi connectivity index (χ1) is 16.5. The number of rotatable bonds is 10. The first-order valence-electron chi connectivity index (χ1n) is 11.5. The lowest BCUT2D eigenvalue weighted by atomic mass is 10.0. The van der Waals surface area contributed by atoms with Gasteiger partial charge in [0.05, 0.1) is 26.2 Å². The Hall–Kier alpha value is -3.04. The molecule has 0 saturated carbocycles. The number of amides is 1. The van der Waals surface area contributed by atoms with Crippen molar-refractivity contribution < 1.29 is 34.7 Å². The average Bonchev–Trinajstić information content (AvgIpc) is 3.27. The van der Waals surface area contributed by atoms with Crippen molar-refractivity contribution in [2.75, 3.05) is 46.6 Å². The van der Waals surface area contributed by atoms with Gasteiger partial charge in [-0.05, 0) is 48.4 Å². The van der Waals surface area contributed by atoms with Gasteiger partial charge >= 0.3 is 0 Å². The summed E-state index contributed by atoms with van der Waals surface area (Å²) < 4.78 is 35.7. The minimum Gasteiger partial charge on any atom is -0.497 e. The maximum Gasteiger partial charge on any atom is 0.223 e. The summed E-state index contributed by atoms with van der Waals surface area (Å²) in [5.41, 5.74) is 0.597. The first-order valence-corrected chi connectivity index (χ1v) is 11.5. The van der Waals surface area contributed by atoms with E-state index >= 15 is 0 Å². The number of benzene rings is 2. The van der Waals surface area contributed by atoms with Gasteiger partial charge in [-0.1, -0.05) is 13.5 Å². The van der Waals surface area contributed by atoms with Crippen molar-refractivity contribution in [3.63, 3.8) is 0 Å². The fraction of sp³-hybridized carbons (Fsp3) is 0.500. The van der Waals surface area contributed by atoms with Gasteiger partial charge in [-0.25, -0.2) is 4.39 Å². The molecule has 0 spiro atoms. The normalized spacial score (nSPS) is 18.8. The smallest absolute Gasteiger partial charge is 0.223 e. The van der Waals surface area contributed by atoms with Gasteiger partial charge in [0, 0.05) is 21.1 Å². The van der Waals surface area contributed by atoms with Crippen molar-refractivity contribution >= 4 is 5.91 Å². The van der Waals surface area contributed by atoms with Crippen LogP contribution in [0.15, 0.2) is 42.5 Å². The number of likely N-dealkylation sites (tertiary alicyclic amines) is 1. The molecule has 9 heteroatoms. The van der Waals surface area contributed by atoms with Crippen LogP contribution in [0.2, 0.25) is 0 Å². The van der Waals surface area contributed by atoms with Crippen molar-refractivity contribution in [2.24, 2.45) is 0 Å². The summed E-state index contributed by atoms with van der Waals surface area (Å²) in [6.45, 7) is 2.31. The number of carbonyl (C=O) groups excluding carboxylic acids is 1. The summed E-state index contributed by atoms with van der Waals surface area (Å²) in [6.07, 6.45) is -1.32. The monoisotopic (exact) mass is 492 g/mol. The van der Waals surface area contributed by atoms with Crippen LogP contribution < -0.4 is 24.3 Å². The van der Waals surface area contributed by atoms with Gasteiger partial charge in [0.25, 0.3) is 0 Å². The van der Waals surface area contributed by atoms with Crippen LogP contribution >= 0.6 is 0 Å². The lowest BCUT2D eigenvalue weighted by Crippen LogP contribution is -2.47. The van der Waals surface area contributed by atoms with Crippen LogP contribution in [0.5, 0.6) is 23.0 Å². The molecule has 2 N–H and O–H groups in total. The molecule has 0 bridgehead atoms. The van der Waals surface area contributed by atoms with E-state index in [-0.39, 0.29) is 27.8 Å². The highest BCUT2D eigenvalue weighted by atomic mass is 19.1. The lowest BCUT2D eigenvalue weighted by Gasteiger charge is -2.29. The number of hydrogen-bond donors (Lipinski definition) is 2. The molecule has 2 aromatic rings. The Morgan fingerprint density at radius 2 is 1.91 bits per heavy atom. The zero-order valence-corrected chi connectivity index (χ0v) is 19.2. The largest absolute Gasteiger partial charge is 0.497 e. The van der Waals surface area contributed by atoms with Crippen molar-refractivity contribution in [1.82, 2.24) is 10.2 Å². The van der Waals surface area contributed by atoms with Gasteiger partial charge in [-0.15, -0.1) is 0 Å². The number of nitrogens with one attached hydrogen (secondary N) is 1. The number of nitrogens with zero attached hydrogens (tertiary/aromatic N) is 1. The highest BCUT2D eigenvalue weighted by molar-refractivity contribution is 5.76. The molecule has 2 aromatic carbocycles. The fourth-order valence-corrected chi connectivity index (χ4v) is 4.14. The maximum atomic E-state index is 13.7. The van der Waals surface area contributed by atoms with Crippen LogP contribution in [0, 0.1) is 0 Å². The van der Waals surface area contributed by atoms with E-state index in [1.54, 1.807) is 49.6 Å². The standard InChI is InChI=1S/C25H31FN2O6.CH4.H2/c1-31-19-3-5-20(6-4-19)32-11-9-24(29)27-21(16-28-10-8-18(26)15-28)25(30)17-2-7-22-23(14-17)34-13-12-33-22;;/h2-7,14,18,21,25,30H,8-13,15-16H2,1H3,(H,27,29);1H4;1H/t18-,21+,25+;;/m0../s1. The number of aliphatic hydroxyl groups is 1.